The first-order chi connectivity index (χ1) is 15.8. The summed E-state index contributed by atoms with van der Waals surface area (Å²) in [5.41, 5.74) is 0.580. The molecule has 0 unspecified atom stereocenters. The van der Waals surface area contributed by atoms with Gasteiger partial charge in [-0.1, -0.05) is 66.5 Å². The second-order valence-corrected chi connectivity index (χ2v) is 9.18. The maximum absolute atomic E-state index is 13.3. The van der Waals surface area contributed by atoms with Gasteiger partial charge in [0.1, 0.15) is 11.8 Å². The van der Waals surface area contributed by atoms with Crippen molar-refractivity contribution in [2.45, 2.75) is 32.9 Å². The molecule has 0 radical (unpaired) electrons. The maximum Gasteiger partial charge on any atom is 0.261 e. The molecule has 3 aromatic carbocycles. The molecule has 0 aliphatic heterocycles. The summed E-state index contributed by atoms with van der Waals surface area (Å²) in [5.74, 6) is -0.0636. The van der Waals surface area contributed by atoms with Crippen LogP contribution in [0.1, 0.15) is 25.8 Å². The van der Waals surface area contributed by atoms with E-state index in [4.69, 9.17) is 27.9 Å². The van der Waals surface area contributed by atoms with E-state index in [1.54, 1.807) is 25.1 Å². The minimum Gasteiger partial charge on any atom is -0.483 e. The quantitative estimate of drug-likeness (QED) is 0.343. The molecule has 0 heterocycles. The van der Waals surface area contributed by atoms with Crippen molar-refractivity contribution in [2.75, 3.05) is 13.2 Å². The Labute approximate surface area is 212 Å². The number of hydrogen-bond acceptors (Lipinski definition) is 3. The van der Waals surface area contributed by atoms with Gasteiger partial charge in [-0.05, 0) is 58.2 Å². The number of carbonyl (C=O) groups excluding carboxylic acids is 2. The molecule has 8 heteroatoms. The largest absolute Gasteiger partial charge is 0.483 e. The van der Waals surface area contributed by atoms with E-state index in [1.807, 2.05) is 43.3 Å². The van der Waals surface area contributed by atoms with Crippen molar-refractivity contribution in [3.05, 3.63) is 74.7 Å². The monoisotopic (exact) mass is 550 g/mol. The second-order valence-electron chi connectivity index (χ2n) is 7.58. The third-order valence-electron chi connectivity index (χ3n) is 5.29. The number of rotatable bonds is 9. The van der Waals surface area contributed by atoms with E-state index >= 15 is 0 Å². The summed E-state index contributed by atoms with van der Waals surface area (Å²) in [7, 11) is 0. The van der Waals surface area contributed by atoms with Crippen LogP contribution < -0.4 is 10.1 Å². The van der Waals surface area contributed by atoms with Gasteiger partial charge in [-0.15, -0.1) is 0 Å². The van der Waals surface area contributed by atoms with Crippen LogP contribution in [-0.2, 0) is 16.1 Å². The number of nitrogens with zero attached hydrogens (tertiary/aromatic N) is 1. The van der Waals surface area contributed by atoms with Crippen molar-refractivity contribution in [2.24, 2.45) is 0 Å². The summed E-state index contributed by atoms with van der Waals surface area (Å²) >= 11 is 16.2. The molecule has 5 nitrogen and oxygen atoms in total. The molecule has 33 heavy (non-hydrogen) atoms. The Morgan fingerprint density at radius 1 is 1.06 bits per heavy atom. The van der Waals surface area contributed by atoms with Crippen molar-refractivity contribution >= 4 is 61.7 Å². The molecule has 174 valence electrons. The highest BCUT2D eigenvalue weighted by atomic mass is 79.9. The minimum atomic E-state index is -0.736. The third kappa shape index (κ3) is 6.19. The molecule has 0 aromatic heterocycles. The summed E-state index contributed by atoms with van der Waals surface area (Å²) in [6, 6.07) is 16.0. The number of benzene rings is 3. The molecule has 1 atom stereocenters. The van der Waals surface area contributed by atoms with E-state index < -0.39 is 6.04 Å². The lowest BCUT2D eigenvalue weighted by Crippen LogP contribution is -2.49. The molecule has 0 aliphatic rings. The molecular weight excluding hydrogens is 527 g/mol. The van der Waals surface area contributed by atoms with Gasteiger partial charge in [0.05, 0.1) is 4.47 Å². The Morgan fingerprint density at radius 3 is 2.45 bits per heavy atom. The normalized spacial score (nSPS) is 11.8. The lowest BCUT2D eigenvalue weighted by molar-refractivity contribution is -0.142. The van der Waals surface area contributed by atoms with Crippen LogP contribution in [0.4, 0.5) is 0 Å². The fourth-order valence-corrected chi connectivity index (χ4v) is 4.50. The van der Waals surface area contributed by atoms with E-state index in [2.05, 4.69) is 21.2 Å². The Bertz CT molecular complexity index is 1140. The van der Waals surface area contributed by atoms with Crippen LogP contribution >= 0.6 is 39.1 Å². The first kappa shape index (κ1) is 25.3. The predicted molar refractivity (Wildman–Crippen MR) is 137 cm³/mol. The number of amides is 2. The summed E-state index contributed by atoms with van der Waals surface area (Å²) < 4.78 is 6.63. The van der Waals surface area contributed by atoms with Gasteiger partial charge >= 0.3 is 0 Å². The van der Waals surface area contributed by atoms with Crippen molar-refractivity contribution in [1.82, 2.24) is 10.2 Å². The fourth-order valence-electron chi connectivity index (χ4n) is 3.38. The van der Waals surface area contributed by atoms with E-state index in [1.165, 1.54) is 4.90 Å². The average molecular weight is 552 g/mol. The molecule has 3 rings (SSSR count). The highest BCUT2D eigenvalue weighted by Crippen LogP contribution is 2.33. The predicted octanol–water partition coefficient (Wildman–Crippen LogP) is 6.23. The van der Waals surface area contributed by atoms with Crippen LogP contribution in [0.25, 0.3) is 10.8 Å². The summed E-state index contributed by atoms with van der Waals surface area (Å²) in [4.78, 5) is 27.4. The zero-order chi connectivity index (χ0) is 24.0. The standard InChI is InChI=1S/C25H25BrCl2N2O3/c1-3-13-29-25(32)16(2)30(14-19-20(27)9-6-10-21(19)28)23(31)15-33-22-12-11-17-7-4-5-8-18(17)24(22)26/h4-12,16H,3,13-15H2,1-2H3,(H,29,32)/t16-/m1/s1. The molecule has 0 fully saturated rings. The van der Waals surface area contributed by atoms with Crippen LogP contribution in [0.15, 0.2) is 59.1 Å². The van der Waals surface area contributed by atoms with Gasteiger partial charge in [-0.25, -0.2) is 0 Å². The van der Waals surface area contributed by atoms with E-state index in [0.29, 0.717) is 27.9 Å². The summed E-state index contributed by atoms with van der Waals surface area (Å²) in [6.07, 6.45) is 0.794. The zero-order valence-electron chi connectivity index (χ0n) is 18.4. The first-order valence-corrected chi connectivity index (χ1v) is 12.2. The van der Waals surface area contributed by atoms with Gasteiger partial charge in [0.15, 0.2) is 6.61 Å². The van der Waals surface area contributed by atoms with Gasteiger partial charge in [-0.3, -0.25) is 9.59 Å². The number of carbonyl (C=O) groups is 2. The average Bonchev–Trinajstić information content (AvgIpc) is 2.81. The second kappa shape index (κ2) is 11.7. The van der Waals surface area contributed by atoms with Crippen molar-refractivity contribution in [3.8, 4) is 5.75 Å². The zero-order valence-corrected chi connectivity index (χ0v) is 21.5. The van der Waals surface area contributed by atoms with Gasteiger partial charge in [-0.2, -0.15) is 0 Å². The topological polar surface area (TPSA) is 58.6 Å². The van der Waals surface area contributed by atoms with Crippen molar-refractivity contribution in [3.63, 3.8) is 0 Å². The van der Waals surface area contributed by atoms with Crippen LogP contribution in [0.3, 0.4) is 0 Å². The van der Waals surface area contributed by atoms with Gasteiger partial charge < -0.3 is 15.0 Å². The van der Waals surface area contributed by atoms with Crippen LogP contribution in [0.2, 0.25) is 10.0 Å². The molecule has 0 spiro atoms. The smallest absolute Gasteiger partial charge is 0.261 e. The van der Waals surface area contributed by atoms with Crippen molar-refractivity contribution in [1.29, 1.82) is 0 Å². The van der Waals surface area contributed by atoms with Crippen LogP contribution in [0, 0.1) is 0 Å². The molecule has 0 saturated heterocycles. The molecule has 2 amide bonds. The Morgan fingerprint density at radius 2 is 1.76 bits per heavy atom. The Balaban J connectivity index is 1.82. The lowest BCUT2D eigenvalue weighted by Gasteiger charge is -2.29. The maximum atomic E-state index is 13.3. The number of hydrogen-bond donors (Lipinski definition) is 1. The molecular formula is C25H25BrCl2N2O3. The molecule has 1 N–H and O–H groups in total. The minimum absolute atomic E-state index is 0.0836. The molecule has 0 bridgehead atoms. The molecule has 3 aromatic rings. The van der Waals surface area contributed by atoms with Gasteiger partial charge in [0.25, 0.3) is 5.91 Å². The Hall–Kier alpha value is -2.28. The highest BCUT2D eigenvalue weighted by Gasteiger charge is 2.28. The summed E-state index contributed by atoms with van der Waals surface area (Å²) in [6.45, 7) is 4.01. The number of ether oxygens (including phenoxy) is 1. The Kier molecular flexibility index (Phi) is 9.01. The van der Waals surface area contributed by atoms with Crippen molar-refractivity contribution < 1.29 is 14.3 Å². The number of fused-ring (bicyclic) bond motifs is 1. The van der Waals surface area contributed by atoms with Gasteiger partial charge in [0, 0.05) is 28.7 Å². The van der Waals surface area contributed by atoms with E-state index in [9.17, 15) is 9.59 Å². The highest BCUT2D eigenvalue weighted by molar-refractivity contribution is 9.10. The van der Waals surface area contributed by atoms with E-state index in [0.717, 1.165) is 21.7 Å². The fraction of sp³-hybridized carbons (Fsp3) is 0.280. The lowest BCUT2D eigenvalue weighted by atomic mass is 10.1. The number of halogens is 3. The third-order valence-corrected chi connectivity index (χ3v) is 6.81. The van der Waals surface area contributed by atoms with Crippen LogP contribution in [-0.4, -0.2) is 35.9 Å². The molecule has 0 saturated carbocycles. The van der Waals surface area contributed by atoms with Crippen LogP contribution in [0.5, 0.6) is 5.75 Å². The first-order valence-electron chi connectivity index (χ1n) is 10.6. The van der Waals surface area contributed by atoms with Gasteiger partial charge in [0.2, 0.25) is 5.91 Å². The number of nitrogens with one attached hydrogen (secondary N) is 1. The van der Waals surface area contributed by atoms with E-state index in [-0.39, 0.29) is 25.0 Å². The molecule has 0 aliphatic carbocycles. The summed E-state index contributed by atoms with van der Waals surface area (Å²) in [5, 5.41) is 5.73. The SMILES string of the molecule is CCCNC(=O)[C@@H](C)N(Cc1c(Cl)cccc1Cl)C(=O)COc1ccc2ccccc2c1Br.